The van der Waals surface area contributed by atoms with Crippen LogP contribution in [0, 0.1) is 18.6 Å². The largest absolute Gasteiger partial charge is 0.494 e. The Labute approximate surface area is 212 Å². The van der Waals surface area contributed by atoms with Gasteiger partial charge in [0.15, 0.2) is 5.82 Å². The molecule has 0 atom stereocenters. The molecule has 1 aliphatic rings. The predicted octanol–water partition coefficient (Wildman–Crippen LogP) is 7.42. The zero-order valence-electron chi connectivity index (χ0n) is 21.1. The van der Waals surface area contributed by atoms with Crippen LogP contribution in [0.4, 0.5) is 8.78 Å². The van der Waals surface area contributed by atoms with E-state index >= 15 is 4.39 Å². The molecule has 188 valence electrons. The highest BCUT2D eigenvalue weighted by atomic mass is 19.1. The maximum atomic E-state index is 16.0. The maximum absolute atomic E-state index is 16.0. The number of unbranched alkanes of at least 4 members (excludes halogenated alkanes) is 1. The van der Waals surface area contributed by atoms with E-state index < -0.39 is 0 Å². The average molecular weight is 489 g/mol. The van der Waals surface area contributed by atoms with Crippen LogP contribution in [0.15, 0.2) is 60.7 Å². The first-order valence-corrected chi connectivity index (χ1v) is 13.1. The first kappa shape index (κ1) is 24.5. The molecule has 1 aliphatic carbocycles. The molecule has 0 bridgehead atoms. The van der Waals surface area contributed by atoms with Gasteiger partial charge in [0.25, 0.3) is 0 Å². The lowest BCUT2D eigenvalue weighted by atomic mass is 10.0. The smallest absolute Gasteiger partial charge is 0.156 e. The zero-order chi connectivity index (χ0) is 25.1. The van der Waals surface area contributed by atoms with Crippen LogP contribution < -0.4 is 10.1 Å². The van der Waals surface area contributed by atoms with E-state index in [2.05, 4.69) is 36.5 Å². The van der Waals surface area contributed by atoms with E-state index in [1.165, 1.54) is 30.5 Å². The molecule has 1 aromatic heterocycles. The lowest BCUT2D eigenvalue weighted by Crippen LogP contribution is -2.19. The van der Waals surface area contributed by atoms with Crippen molar-refractivity contribution in [3.05, 3.63) is 89.0 Å². The molecule has 1 fully saturated rings. The number of fused-ring (bicyclic) bond motifs is 1. The Bertz CT molecular complexity index is 1340. The fraction of sp³-hybridized carbons (Fsp3) is 0.355. The Hall–Kier alpha value is -3.18. The van der Waals surface area contributed by atoms with Crippen LogP contribution in [0.5, 0.6) is 5.75 Å². The number of rotatable bonds is 11. The van der Waals surface area contributed by atoms with Crippen LogP contribution in [0.1, 0.15) is 49.3 Å². The summed E-state index contributed by atoms with van der Waals surface area (Å²) in [6.45, 7) is 6.05. The van der Waals surface area contributed by atoms with Crippen LogP contribution in [0.25, 0.3) is 22.2 Å². The van der Waals surface area contributed by atoms with E-state index in [-0.39, 0.29) is 11.6 Å². The molecule has 4 aromatic rings. The molecule has 0 spiro atoms. The molecular formula is C31H34F2N2O. The second-order valence-corrected chi connectivity index (χ2v) is 9.88. The number of ether oxygens (including phenoxy) is 1. The number of aromatic nitrogens is 1. The fourth-order valence-electron chi connectivity index (χ4n) is 4.74. The molecule has 1 N–H and O–H groups in total. The maximum Gasteiger partial charge on any atom is 0.156 e. The predicted molar refractivity (Wildman–Crippen MR) is 143 cm³/mol. The zero-order valence-corrected chi connectivity index (χ0v) is 21.1. The Morgan fingerprint density at radius 3 is 2.47 bits per heavy atom. The van der Waals surface area contributed by atoms with Gasteiger partial charge in [-0.05, 0) is 92.2 Å². The standard InChI is InChI=1S/C31H34F2N2O/c1-3-4-17-36-26-12-14-29-28(19-26)30(33)31(27-13-9-24(32)18-21(27)2)35(29)20-23-7-5-22(6-8-23)15-16-34-25-10-11-25/h5-9,12-14,18-19,25,34H,3-4,10-11,15-17,20H2,1-2H3. The molecule has 0 saturated heterocycles. The molecule has 1 saturated carbocycles. The summed E-state index contributed by atoms with van der Waals surface area (Å²) < 4.78 is 37.8. The van der Waals surface area contributed by atoms with Gasteiger partial charge in [-0.3, -0.25) is 0 Å². The molecule has 1 heterocycles. The van der Waals surface area contributed by atoms with E-state index in [0.717, 1.165) is 36.9 Å². The third kappa shape index (κ3) is 5.46. The highest BCUT2D eigenvalue weighted by Gasteiger charge is 2.22. The van der Waals surface area contributed by atoms with Gasteiger partial charge in [-0.2, -0.15) is 0 Å². The van der Waals surface area contributed by atoms with Crippen molar-refractivity contribution in [3.8, 4) is 17.0 Å². The highest BCUT2D eigenvalue weighted by molar-refractivity contribution is 5.89. The van der Waals surface area contributed by atoms with Crippen molar-refractivity contribution in [3.63, 3.8) is 0 Å². The number of hydrogen-bond acceptors (Lipinski definition) is 2. The van der Waals surface area contributed by atoms with Crippen molar-refractivity contribution in [1.29, 1.82) is 0 Å². The summed E-state index contributed by atoms with van der Waals surface area (Å²) >= 11 is 0. The number of aryl methyl sites for hydroxylation is 1. The Kier molecular flexibility index (Phi) is 7.38. The number of nitrogens with one attached hydrogen (secondary N) is 1. The summed E-state index contributed by atoms with van der Waals surface area (Å²) in [5, 5.41) is 4.07. The number of benzene rings is 3. The van der Waals surface area contributed by atoms with Crippen molar-refractivity contribution in [2.45, 2.75) is 58.5 Å². The minimum Gasteiger partial charge on any atom is -0.494 e. The van der Waals surface area contributed by atoms with E-state index in [1.807, 2.05) is 23.6 Å². The van der Waals surface area contributed by atoms with Crippen LogP contribution in [-0.4, -0.2) is 23.8 Å². The van der Waals surface area contributed by atoms with Gasteiger partial charge in [-0.15, -0.1) is 0 Å². The first-order chi connectivity index (χ1) is 17.5. The van der Waals surface area contributed by atoms with E-state index in [1.54, 1.807) is 12.1 Å². The summed E-state index contributed by atoms with van der Waals surface area (Å²) in [5.41, 5.74) is 5.06. The molecule has 0 radical (unpaired) electrons. The molecule has 0 amide bonds. The Morgan fingerprint density at radius 1 is 0.972 bits per heavy atom. The van der Waals surface area contributed by atoms with Crippen molar-refractivity contribution in [2.24, 2.45) is 0 Å². The molecule has 0 unspecified atom stereocenters. The van der Waals surface area contributed by atoms with Gasteiger partial charge in [0.1, 0.15) is 11.6 Å². The van der Waals surface area contributed by atoms with Crippen molar-refractivity contribution in [1.82, 2.24) is 9.88 Å². The summed E-state index contributed by atoms with van der Waals surface area (Å²) in [6, 6.07) is 19.4. The molecule has 5 heteroatoms. The monoisotopic (exact) mass is 488 g/mol. The average Bonchev–Trinajstić information content (AvgIpc) is 3.66. The minimum absolute atomic E-state index is 0.302. The van der Waals surface area contributed by atoms with Crippen molar-refractivity contribution in [2.75, 3.05) is 13.2 Å². The fourth-order valence-corrected chi connectivity index (χ4v) is 4.74. The van der Waals surface area contributed by atoms with Gasteiger partial charge >= 0.3 is 0 Å². The molecule has 3 nitrogen and oxygen atoms in total. The molecule has 36 heavy (non-hydrogen) atoms. The van der Waals surface area contributed by atoms with Gasteiger partial charge in [-0.25, -0.2) is 8.78 Å². The lowest BCUT2D eigenvalue weighted by molar-refractivity contribution is 0.309. The molecular weight excluding hydrogens is 454 g/mol. The van der Waals surface area contributed by atoms with E-state index in [4.69, 9.17) is 4.74 Å². The second-order valence-electron chi connectivity index (χ2n) is 9.88. The summed E-state index contributed by atoms with van der Waals surface area (Å²) in [4.78, 5) is 0. The van der Waals surface area contributed by atoms with Crippen LogP contribution in [-0.2, 0) is 13.0 Å². The summed E-state index contributed by atoms with van der Waals surface area (Å²) in [6.07, 6.45) is 5.58. The van der Waals surface area contributed by atoms with Crippen molar-refractivity contribution < 1.29 is 13.5 Å². The van der Waals surface area contributed by atoms with E-state index in [9.17, 15) is 4.39 Å². The van der Waals surface area contributed by atoms with Gasteiger partial charge in [0.2, 0.25) is 0 Å². The van der Waals surface area contributed by atoms with E-state index in [0.29, 0.717) is 47.2 Å². The topological polar surface area (TPSA) is 26.2 Å². The normalized spacial score (nSPS) is 13.4. The highest BCUT2D eigenvalue weighted by Crippen LogP contribution is 2.36. The number of halogens is 2. The van der Waals surface area contributed by atoms with Crippen LogP contribution in [0.3, 0.4) is 0 Å². The van der Waals surface area contributed by atoms with Gasteiger partial charge in [0, 0.05) is 23.5 Å². The summed E-state index contributed by atoms with van der Waals surface area (Å²) in [7, 11) is 0. The first-order valence-electron chi connectivity index (χ1n) is 13.1. The second kappa shape index (κ2) is 10.8. The van der Waals surface area contributed by atoms with Gasteiger partial charge < -0.3 is 14.6 Å². The third-order valence-corrected chi connectivity index (χ3v) is 6.97. The molecule has 3 aromatic carbocycles. The summed E-state index contributed by atoms with van der Waals surface area (Å²) in [5.74, 6) is 0.0413. The molecule has 0 aliphatic heterocycles. The van der Waals surface area contributed by atoms with Crippen molar-refractivity contribution >= 4 is 10.9 Å². The quantitative estimate of drug-likeness (QED) is 0.222. The van der Waals surface area contributed by atoms with Gasteiger partial charge in [-0.1, -0.05) is 37.6 Å². The lowest BCUT2D eigenvalue weighted by Gasteiger charge is -2.14. The van der Waals surface area contributed by atoms with Crippen LogP contribution >= 0.6 is 0 Å². The van der Waals surface area contributed by atoms with Gasteiger partial charge in [0.05, 0.1) is 17.8 Å². The SMILES string of the molecule is CCCCOc1ccc2c(c1)c(F)c(-c1ccc(F)cc1C)n2Cc1ccc(CCNC2CC2)cc1. The number of hydrogen-bond donors (Lipinski definition) is 1. The number of nitrogens with zero attached hydrogens (tertiary/aromatic N) is 1. The Balaban J connectivity index is 1.49. The minimum atomic E-state index is -0.322. The third-order valence-electron chi connectivity index (χ3n) is 6.97. The van der Waals surface area contributed by atoms with Crippen LogP contribution in [0.2, 0.25) is 0 Å². The Morgan fingerprint density at radius 2 is 1.75 bits per heavy atom. The molecule has 5 rings (SSSR count).